The zero-order valence-electron chi connectivity index (χ0n) is 7.96. The SMILES string of the molecule is C1CCC[C@@]23[C@@H]4[C@H]5[C@@H](O[C@@H]42)[C@]53CC1. The lowest BCUT2D eigenvalue weighted by Crippen LogP contribution is -2.32. The van der Waals surface area contributed by atoms with Gasteiger partial charge in [-0.25, -0.2) is 0 Å². The maximum Gasteiger partial charge on any atom is 0.0684 e. The molecule has 13 heavy (non-hydrogen) atoms. The van der Waals surface area contributed by atoms with Crippen LogP contribution in [0.15, 0.2) is 0 Å². The van der Waals surface area contributed by atoms with Gasteiger partial charge in [-0.15, -0.1) is 0 Å². The lowest BCUT2D eigenvalue weighted by molar-refractivity contribution is 0.100. The molecule has 1 heteroatoms. The molecule has 0 aromatic carbocycles. The fourth-order valence-electron chi connectivity index (χ4n) is 5.78. The molecule has 2 bridgehead atoms. The van der Waals surface area contributed by atoms with Crippen LogP contribution in [-0.2, 0) is 4.74 Å². The lowest BCUT2D eigenvalue weighted by Gasteiger charge is -2.36. The van der Waals surface area contributed by atoms with E-state index in [4.69, 9.17) is 4.74 Å². The first-order valence-corrected chi connectivity index (χ1v) is 6.08. The minimum Gasteiger partial charge on any atom is -0.373 e. The molecule has 6 atom stereocenters. The average molecular weight is 176 g/mol. The first-order valence-electron chi connectivity index (χ1n) is 6.08. The van der Waals surface area contributed by atoms with Crippen LogP contribution in [-0.4, -0.2) is 12.2 Å². The van der Waals surface area contributed by atoms with E-state index in [-0.39, 0.29) is 0 Å². The summed E-state index contributed by atoms with van der Waals surface area (Å²) in [7, 11) is 0. The quantitative estimate of drug-likeness (QED) is 0.550. The monoisotopic (exact) mass is 176 g/mol. The highest BCUT2D eigenvalue weighted by Crippen LogP contribution is 3.01. The van der Waals surface area contributed by atoms with Crippen LogP contribution >= 0.6 is 0 Å². The van der Waals surface area contributed by atoms with Gasteiger partial charge < -0.3 is 4.74 Å². The van der Waals surface area contributed by atoms with Crippen molar-refractivity contribution in [2.75, 3.05) is 0 Å². The average Bonchev–Trinajstić information content (AvgIpc) is 2.76. The van der Waals surface area contributed by atoms with Gasteiger partial charge in [0.2, 0.25) is 0 Å². The molecule has 0 aromatic heterocycles. The predicted molar refractivity (Wildman–Crippen MR) is 48.2 cm³/mol. The molecule has 70 valence electrons. The van der Waals surface area contributed by atoms with Gasteiger partial charge in [-0.2, -0.15) is 0 Å². The number of hydrogen-bond acceptors (Lipinski definition) is 1. The van der Waals surface area contributed by atoms with Crippen molar-refractivity contribution in [1.29, 1.82) is 0 Å². The van der Waals surface area contributed by atoms with Gasteiger partial charge in [-0.3, -0.25) is 0 Å². The Hall–Kier alpha value is -0.0400. The van der Waals surface area contributed by atoms with Crippen molar-refractivity contribution in [1.82, 2.24) is 0 Å². The Bertz CT molecular complexity index is 265. The summed E-state index contributed by atoms with van der Waals surface area (Å²) in [6.45, 7) is 0. The van der Waals surface area contributed by atoms with Crippen molar-refractivity contribution in [2.24, 2.45) is 22.7 Å². The van der Waals surface area contributed by atoms with E-state index in [0.29, 0.717) is 0 Å². The highest BCUT2D eigenvalue weighted by atomic mass is 16.5. The van der Waals surface area contributed by atoms with E-state index in [2.05, 4.69) is 0 Å². The van der Waals surface area contributed by atoms with Gasteiger partial charge in [-0.1, -0.05) is 25.7 Å². The van der Waals surface area contributed by atoms with E-state index in [1.54, 1.807) is 0 Å². The summed E-state index contributed by atoms with van der Waals surface area (Å²) in [5.41, 5.74) is 1.56. The molecular weight excluding hydrogens is 160 g/mol. The molecule has 0 amide bonds. The molecular formula is C12H16O. The fraction of sp³-hybridized carbons (Fsp3) is 1.00. The van der Waals surface area contributed by atoms with Gasteiger partial charge in [-0.05, 0) is 12.8 Å². The summed E-state index contributed by atoms with van der Waals surface area (Å²) < 4.78 is 6.09. The van der Waals surface area contributed by atoms with Crippen molar-refractivity contribution in [3.8, 4) is 0 Å². The Balaban J connectivity index is 1.62. The second-order valence-corrected chi connectivity index (χ2v) is 6.02. The molecule has 4 saturated carbocycles. The van der Waals surface area contributed by atoms with Gasteiger partial charge in [0.05, 0.1) is 12.2 Å². The van der Waals surface area contributed by atoms with Gasteiger partial charge in [0.1, 0.15) is 0 Å². The maximum absolute atomic E-state index is 6.09. The van der Waals surface area contributed by atoms with Gasteiger partial charge in [0.15, 0.2) is 0 Å². The summed E-state index contributed by atoms with van der Waals surface area (Å²) in [6, 6.07) is 0. The zero-order valence-corrected chi connectivity index (χ0v) is 7.96. The summed E-state index contributed by atoms with van der Waals surface area (Å²) >= 11 is 0. The molecule has 0 radical (unpaired) electrons. The van der Waals surface area contributed by atoms with E-state index in [1.165, 1.54) is 38.5 Å². The maximum atomic E-state index is 6.09. The second-order valence-electron chi connectivity index (χ2n) is 6.02. The smallest absolute Gasteiger partial charge is 0.0684 e. The van der Waals surface area contributed by atoms with E-state index < -0.39 is 0 Å². The van der Waals surface area contributed by atoms with Crippen LogP contribution in [0.4, 0.5) is 0 Å². The molecule has 6 rings (SSSR count). The van der Waals surface area contributed by atoms with E-state index in [1.807, 2.05) is 0 Å². The minimum atomic E-state index is 0.764. The molecule has 0 unspecified atom stereocenters. The van der Waals surface area contributed by atoms with Crippen LogP contribution in [0, 0.1) is 22.7 Å². The van der Waals surface area contributed by atoms with E-state index in [0.717, 1.165) is 34.9 Å². The van der Waals surface area contributed by atoms with Crippen LogP contribution in [0.1, 0.15) is 38.5 Å². The summed E-state index contributed by atoms with van der Waals surface area (Å²) in [5, 5.41) is 0. The Morgan fingerprint density at radius 1 is 0.769 bits per heavy atom. The van der Waals surface area contributed by atoms with Gasteiger partial charge >= 0.3 is 0 Å². The molecule has 6 fully saturated rings. The van der Waals surface area contributed by atoms with Gasteiger partial charge in [0, 0.05) is 22.7 Å². The molecule has 4 aliphatic carbocycles. The van der Waals surface area contributed by atoms with Crippen LogP contribution in [0.3, 0.4) is 0 Å². The molecule has 2 aliphatic heterocycles. The molecule has 6 aliphatic rings. The number of ether oxygens (including phenoxy) is 1. The summed E-state index contributed by atoms with van der Waals surface area (Å²) in [4.78, 5) is 0. The third-order valence-electron chi connectivity index (χ3n) is 6.12. The topological polar surface area (TPSA) is 9.23 Å². The third kappa shape index (κ3) is 0.379. The normalized spacial score (nSPS) is 75.7. The first kappa shape index (κ1) is 6.44. The Labute approximate surface area is 78.8 Å². The van der Waals surface area contributed by atoms with Crippen LogP contribution < -0.4 is 0 Å². The molecule has 0 aromatic rings. The number of rotatable bonds is 0. The Morgan fingerprint density at radius 2 is 1.31 bits per heavy atom. The van der Waals surface area contributed by atoms with Crippen molar-refractivity contribution >= 4 is 0 Å². The predicted octanol–water partition coefficient (Wildman–Crippen LogP) is 2.35. The van der Waals surface area contributed by atoms with Gasteiger partial charge in [0.25, 0.3) is 0 Å². The standard InChI is InChI=1S/C12H16O/c1-2-4-6-12-8-7-9(13-10(8)12)11(7,12)5-3-1/h7-10H,1-6H2/t7-,8+,9+,10-,11-,12+. The highest BCUT2D eigenvalue weighted by Gasteiger charge is 3.05. The largest absolute Gasteiger partial charge is 0.373 e. The zero-order chi connectivity index (χ0) is 8.26. The molecule has 2 heterocycles. The van der Waals surface area contributed by atoms with Crippen molar-refractivity contribution < 1.29 is 4.74 Å². The molecule has 0 N–H and O–H groups in total. The van der Waals surface area contributed by atoms with Crippen LogP contribution in [0.2, 0.25) is 0 Å². The second kappa shape index (κ2) is 1.50. The fourth-order valence-corrected chi connectivity index (χ4v) is 5.78. The molecule has 1 nitrogen and oxygen atoms in total. The van der Waals surface area contributed by atoms with E-state index >= 15 is 0 Å². The first-order chi connectivity index (χ1) is 6.43. The molecule has 2 spiro atoms. The minimum absolute atomic E-state index is 0.764. The number of hydrogen-bond donors (Lipinski definition) is 0. The van der Waals surface area contributed by atoms with Crippen molar-refractivity contribution in [3.63, 3.8) is 0 Å². The van der Waals surface area contributed by atoms with Crippen molar-refractivity contribution in [2.45, 2.75) is 50.7 Å². The summed E-state index contributed by atoms with van der Waals surface area (Å²) in [6.07, 6.45) is 10.6. The lowest BCUT2D eigenvalue weighted by atomic mass is 9.66. The Morgan fingerprint density at radius 3 is 1.77 bits per heavy atom. The summed E-state index contributed by atoms with van der Waals surface area (Å²) in [5.74, 6) is 2.13. The Kier molecular flexibility index (Phi) is 0.743. The third-order valence-corrected chi connectivity index (χ3v) is 6.12. The van der Waals surface area contributed by atoms with Crippen LogP contribution in [0.5, 0.6) is 0 Å². The molecule has 2 saturated heterocycles. The van der Waals surface area contributed by atoms with Crippen molar-refractivity contribution in [3.05, 3.63) is 0 Å². The van der Waals surface area contributed by atoms with Crippen LogP contribution in [0.25, 0.3) is 0 Å². The van der Waals surface area contributed by atoms with E-state index in [9.17, 15) is 0 Å². The highest BCUT2D eigenvalue weighted by molar-refractivity contribution is 5.51.